The van der Waals surface area contributed by atoms with Gasteiger partial charge in [-0.05, 0) is 20.8 Å². The first-order chi connectivity index (χ1) is 4.86. The summed E-state index contributed by atoms with van der Waals surface area (Å²) in [5.74, 6) is 0.0833. The van der Waals surface area contributed by atoms with Gasteiger partial charge in [0.1, 0.15) is 11.6 Å². The zero-order valence-corrected chi connectivity index (χ0v) is 14.3. The molecule has 0 rings (SSSR count). The molecule has 0 aromatic carbocycles. The van der Waals surface area contributed by atoms with Crippen LogP contribution >= 0.6 is 0 Å². The van der Waals surface area contributed by atoms with Crippen LogP contribution in [-0.4, -0.2) is 11.6 Å². The van der Waals surface area contributed by atoms with Gasteiger partial charge in [0.25, 0.3) is 0 Å². The topological polar surface area (TPSA) is 34.1 Å². The number of carbonyl (C=O) groups excluding carboxylic acids is 2. The molecule has 0 N–H and O–H groups in total. The number of Topliss-reactive ketones (excluding diaryl/α,β-unsaturated/α-hetero) is 1. The van der Waals surface area contributed by atoms with Crippen molar-refractivity contribution in [2.45, 2.75) is 28.2 Å². The summed E-state index contributed by atoms with van der Waals surface area (Å²) >= 11 is 8.82. The maximum Gasteiger partial charge on any atom is 1.00 e. The predicted octanol–water partition coefficient (Wildman–Crippen LogP) is -4.25. The van der Waals surface area contributed by atoms with Crippen molar-refractivity contribution < 1.29 is 68.7 Å². The van der Waals surface area contributed by atoms with E-state index in [0.717, 1.165) is 0 Å². The molecule has 2 nitrogen and oxygen atoms in total. The number of allylic oxidation sites excluding steroid dienone is 1. The molecule has 72 valence electrons. The minimum atomic E-state index is -0.0833. The van der Waals surface area contributed by atoms with Gasteiger partial charge in [-0.15, -0.1) is 0 Å². The standard InChI is InChI=1S/C4H6OS2.C3H6O.CH4.2Na/c1-3(5)2-4(6)7;1-3(2)4;;;/h2,6-7H,1H3;1-2H3;1H4;;/q;;;2*+1/p-2. The van der Waals surface area contributed by atoms with Crippen molar-refractivity contribution in [3.05, 3.63) is 10.3 Å². The molecule has 0 spiro atoms. The number of rotatable bonds is 1. The van der Waals surface area contributed by atoms with Crippen molar-refractivity contribution in [1.29, 1.82) is 0 Å². The maximum absolute atomic E-state index is 10.0. The number of carbonyl (C=O) groups is 2. The van der Waals surface area contributed by atoms with E-state index in [1.165, 1.54) is 26.8 Å². The van der Waals surface area contributed by atoms with E-state index in [9.17, 15) is 9.59 Å². The van der Waals surface area contributed by atoms with Crippen LogP contribution in [0.5, 0.6) is 0 Å². The zero-order chi connectivity index (χ0) is 9.44. The van der Waals surface area contributed by atoms with E-state index in [4.69, 9.17) is 0 Å². The molecule has 0 aliphatic rings. The van der Waals surface area contributed by atoms with E-state index in [0.29, 0.717) is 0 Å². The molecule has 0 saturated carbocycles. The molecule has 0 aromatic heterocycles. The third kappa shape index (κ3) is 69.6. The summed E-state index contributed by atoms with van der Waals surface area (Å²) in [6.07, 6.45) is 1.24. The van der Waals surface area contributed by atoms with Crippen LogP contribution in [0.25, 0.3) is 0 Å². The molecule has 0 aliphatic heterocycles. The van der Waals surface area contributed by atoms with Crippen LogP contribution in [-0.2, 0) is 34.8 Å². The fraction of sp³-hybridized carbons (Fsp3) is 0.500. The summed E-state index contributed by atoms with van der Waals surface area (Å²) in [6, 6.07) is 0. The fourth-order valence-corrected chi connectivity index (χ4v) is 0.498. The van der Waals surface area contributed by atoms with Gasteiger partial charge in [0.2, 0.25) is 0 Å². The van der Waals surface area contributed by atoms with Crippen LogP contribution in [0.4, 0.5) is 0 Å². The van der Waals surface area contributed by atoms with Crippen molar-refractivity contribution in [3.8, 4) is 0 Å². The van der Waals surface area contributed by atoms with E-state index < -0.39 is 0 Å². The second-order valence-electron chi connectivity index (χ2n) is 1.98. The fourth-order valence-electron chi connectivity index (χ4n) is 0.166. The Morgan fingerprint density at radius 1 is 1.00 bits per heavy atom. The Labute approximate surface area is 142 Å². The second-order valence-corrected chi connectivity index (χ2v) is 3.12. The van der Waals surface area contributed by atoms with Crippen molar-refractivity contribution in [1.82, 2.24) is 0 Å². The Balaban J connectivity index is -0.0000000347. The summed E-state index contributed by atoms with van der Waals surface area (Å²) < 4.78 is 0.229. The van der Waals surface area contributed by atoms with Crippen LogP contribution < -0.4 is 59.1 Å². The summed E-state index contributed by atoms with van der Waals surface area (Å²) in [5, 5.41) is 0. The van der Waals surface area contributed by atoms with E-state index in [1.807, 2.05) is 0 Å². The van der Waals surface area contributed by atoms with Crippen LogP contribution in [0.1, 0.15) is 28.2 Å². The maximum atomic E-state index is 10.0. The number of ketones is 2. The Morgan fingerprint density at radius 2 is 1.21 bits per heavy atom. The van der Waals surface area contributed by atoms with Crippen LogP contribution in [0.2, 0.25) is 0 Å². The van der Waals surface area contributed by atoms with E-state index in [2.05, 4.69) is 25.3 Å². The first-order valence-corrected chi connectivity index (χ1v) is 3.71. The molecule has 0 bridgehead atoms. The van der Waals surface area contributed by atoms with Gasteiger partial charge in [0, 0.05) is 0 Å². The monoisotopic (exact) mass is 252 g/mol. The normalized spacial score (nSPS) is 5.64. The van der Waals surface area contributed by atoms with E-state index in [-0.39, 0.29) is 82.3 Å². The molecule has 0 aliphatic carbocycles. The van der Waals surface area contributed by atoms with Crippen molar-refractivity contribution in [3.63, 3.8) is 0 Å². The summed E-state index contributed by atoms with van der Waals surface area (Å²) in [7, 11) is 0. The Morgan fingerprint density at radius 3 is 1.21 bits per heavy atom. The zero-order valence-electron chi connectivity index (χ0n) is 8.71. The average Bonchev–Trinajstić information content (AvgIpc) is 1.56. The van der Waals surface area contributed by atoms with Crippen LogP contribution in [0.15, 0.2) is 10.3 Å². The largest absolute Gasteiger partial charge is 1.00 e. The van der Waals surface area contributed by atoms with Crippen molar-refractivity contribution in [2.24, 2.45) is 0 Å². The molecule has 0 heterocycles. The van der Waals surface area contributed by atoms with Crippen molar-refractivity contribution in [2.75, 3.05) is 0 Å². The molecular formula is C8H14Na2O2S2. The molecule has 0 aromatic rings. The van der Waals surface area contributed by atoms with Gasteiger partial charge in [-0.2, -0.15) is 0 Å². The van der Waals surface area contributed by atoms with Gasteiger partial charge in [0.15, 0.2) is 0 Å². The van der Waals surface area contributed by atoms with Gasteiger partial charge in [-0.1, -0.05) is 13.5 Å². The third-order valence-electron chi connectivity index (χ3n) is 0.321. The average molecular weight is 252 g/mol. The molecule has 0 unspecified atom stereocenters. The van der Waals surface area contributed by atoms with Crippen molar-refractivity contribution >= 4 is 36.8 Å². The molecule has 6 heteroatoms. The molecule has 14 heavy (non-hydrogen) atoms. The predicted molar refractivity (Wildman–Crippen MR) is 56.6 cm³/mol. The van der Waals surface area contributed by atoms with E-state index >= 15 is 0 Å². The summed E-state index contributed by atoms with van der Waals surface area (Å²) in [6.45, 7) is 4.47. The first kappa shape index (κ1) is 29.6. The molecule has 0 fully saturated rings. The van der Waals surface area contributed by atoms with Gasteiger partial charge >= 0.3 is 59.1 Å². The van der Waals surface area contributed by atoms with Gasteiger partial charge < -0.3 is 34.3 Å². The molecule has 0 radical (unpaired) electrons. The minimum absolute atomic E-state index is 0. The van der Waals surface area contributed by atoms with Gasteiger partial charge in [-0.25, -0.2) is 0 Å². The first-order valence-electron chi connectivity index (χ1n) is 2.89. The molecular weight excluding hydrogens is 238 g/mol. The third-order valence-corrected chi connectivity index (χ3v) is 0.557. The molecule has 0 saturated heterocycles. The second kappa shape index (κ2) is 20.0. The number of hydrogen-bond acceptors (Lipinski definition) is 4. The summed E-state index contributed by atoms with van der Waals surface area (Å²) in [5.41, 5.74) is 0. The Kier molecular flexibility index (Phi) is 42.2. The molecule has 0 amide bonds. The SMILES string of the molecule is C.CC(=O)C=C([S-])[S-].CC(C)=O.[Na+].[Na+]. The van der Waals surface area contributed by atoms with Crippen LogP contribution in [0, 0.1) is 0 Å². The van der Waals surface area contributed by atoms with Gasteiger partial charge in [-0.3, -0.25) is 4.79 Å². The quantitative estimate of drug-likeness (QED) is 0.269. The Hall–Kier alpha value is 1.52. The van der Waals surface area contributed by atoms with Gasteiger partial charge in [0.05, 0.1) is 0 Å². The minimum Gasteiger partial charge on any atom is -0.807 e. The molecule has 0 atom stereocenters. The Bertz CT molecular complexity index is 174. The summed E-state index contributed by atoms with van der Waals surface area (Å²) in [4.78, 5) is 19.5. The van der Waals surface area contributed by atoms with Crippen LogP contribution in [0.3, 0.4) is 0 Å². The smallest absolute Gasteiger partial charge is 0.807 e. The number of hydrogen-bond donors (Lipinski definition) is 0. The van der Waals surface area contributed by atoms with E-state index in [1.54, 1.807) is 0 Å².